The Labute approximate surface area is 157 Å². The van der Waals surface area contributed by atoms with E-state index in [1.54, 1.807) is 18.3 Å². The highest BCUT2D eigenvalue weighted by molar-refractivity contribution is 5.93. The maximum atomic E-state index is 12.1. The van der Waals surface area contributed by atoms with Gasteiger partial charge in [-0.15, -0.1) is 0 Å². The van der Waals surface area contributed by atoms with Gasteiger partial charge in [-0.25, -0.2) is 4.98 Å². The third-order valence-corrected chi connectivity index (χ3v) is 4.57. The van der Waals surface area contributed by atoms with Crippen LogP contribution in [-0.4, -0.2) is 15.8 Å². The summed E-state index contributed by atoms with van der Waals surface area (Å²) in [4.78, 5) is 20.4. The lowest BCUT2D eigenvalue weighted by Crippen LogP contribution is -1.99. The summed E-state index contributed by atoms with van der Waals surface area (Å²) in [6, 6.07) is 3.56. The summed E-state index contributed by atoms with van der Waals surface area (Å²) in [5.41, 5.74) is 1.09. The van der Waals surface area contributed by atoms with Crippen LogP contribution in [0.2, 0.25) is 0 Å². The molecular formula is C22H32N2O2. The van der Waals surface area contributed by atoms with Crippen LogP contribution in [-0.2, 0) is 0 Å². The van der Waals surface area contributed by atoms with Gasteiger partial charge in [-0.1, -0.05) is 57.6 Å². The first-order chi connectivity index (χ1) is 12.8. The van der Waals surface area contributed by atoms with E-state index in [2.05, 4.69) is 29.0 Å². The molecule has 2 heterocycles. The van der Waals surface area contributed by atoms with E-state index in [9.17, 15) is 4.79 Å². The summed E-state index contributed by atoms with van der Waals surface area (Å²) in [5, 5.41) is 0. The molecule has 142 valence electrons. The number of carbonyl (C=O) groups is 1. The molecule has 0 atom stereocenters. The van der Waals surface area contributed by atoms with Crippen molar-refractivity contribution in [3.8, 4) is 0 Å². The highest BCUT2D eigenvalue weighted by atomic mass is 16.4. The van der Waals surface area contributed by atoms with E-state index in [1.807, 2.05) is 0 Å². The highest BCUT2D eigenvalue weighted by Crippen LogP contribution is 2.15. The van der Waals surface area contributed by atoms with Gasteiger partial charge in [0.1, 0.15) is 0 Å². The van der Waals surface area contributed by atoms with E-state index in [0.717, 1.165) is 12.8 Å². The van der Waals surface area contributed by atoms with Crippen molar-refractivity contribution >= 4 is 17.0 Å². The summed E-state index contributed by atoms with van der Waals surface area (Å²) >= 11 is 0. The van der Waals surface area contributed by atoms with Gasteiger partial charge in [0.2, 0.25) is 5.78 Å². The van der Waals surface area contributed by atoms with Crippen LogP contribution in [0.15, 0.2) is 34.9 Å². The maximum Gasteiger partial charge on any atom is 0.265 e. The number of Topliss-reactive ketones (excluding diaryl/α,β-unsaturated/α-hetero) is 1. The van der Waals surface area contributed by atoms with Crippen molar-refractivity contribution in [3.63, 3.8) is 0 Å². The predicted molar refractivity (Wildman–Crippen MR) is 106 cm³/mol. The lowest BCUT2D eigenvalue weighted by atomic mass is 10.1. The van der Waals surface area contributed by atoms with Crippen LogP contribution in [0.4, 0.5) is 0 Å². The fourth-order valence-electron chi connectivity index (χ4n) is 3.00. The molecule has 0 spiro atoms. The monoisotopic (exact) mass is 356 g/mol. The van der Waals surface area contributed by atoms with Crippen molar-refractivity contribution in [2.45, 2.75) is 84.0 Å². The normalized spacial score (nSPS) is 11.6. The number of pyridine rings is 1. The molecule has 4 nitrogen and oxygen atoms in total. The van der Waals surface area contributed by atoms with Crippen LogP contribution in [0.3, 0.4) is 0 Å². The molecule has 0 aliphatic rings. The number of oxazole rings is 1. The molecule has 2 aromatic rings. The Morgan fingerprint density at radius 1 is 1.00 bits per heavy atom. The number of nitrogens with zero attached hydrogens (tertiary/aromatic N) is 2. The summed E-state index contributed by atoms with van der Waals surface area (Å²) in [5.74, 6) is 0.178. The molecule has 26 heavy (non-hydrogen) atoms. The molecular weight excluding hydrogens is 324 g/mol. The molecule has 0 bridgehead atoms. The molecule has 0 aliphatic carbocycles. The lowest BCUT2D eigenvalue weighted by molar-refractivity contribution is 0.0947. The van der Waals surface area contributed by atoms with Gasteiger partial charge in [-0.05, 0) is 44.2 Å². The zero-order valence-electron chi connectivity index (χ0n) is 16.1. The Balaban J connectivity index is 1.47. The Morgan fingerprint density at radius 2 is 1.69 bits per heavy atom. The third kappa shape index (κ3) is 7.51. The lowest BCUT2D eigenvalue weighted by Gasteiger charge is -1.99. The first-order valence-corrected chi connectivity index (χ1v) is 10.2. The van der Waals surface area contributed by atoms with Gasteiger partial charge in [0, 0.05) is 12.6 Å². The average molecular weight is 357 g/mol. The molecule has 0 fully saturated rings. The van der Waals surface area contributed by atoms with Crippen LogP contribution in [0.5, 0.6) is 0 Å². The molecule has 0 saturated carbocycles. The van der Waals surface area contributed by atoms with Crippen LogP contribution < -0.4 is 0 Å². The third-order valence-electron chi connectivity index (χ3n) is 4.57. The molecule has 0 unspecified atom stereocenters. The maximum absolute atomic E-state index is 12.1. The van der Waals surface area contributed by atoms with Crippen LogP contribution in [0, 0.1) is 0 Å². The molecule has 0 saturated heterocycles. The topological polar surface area (TPSA) is 56.0 Å². The van der Waals surface area contributed by atoms with E-state index < -0.39 is 0 Å². The van der Waals surface area contributed by atoms with Gasteiger partial charge in [0.15, 0.2) is 11.2 Å². The number of unbranched alkanes of at least 4 members (excludes halogenated alkanes) is 9. The molecule has 0 amide bonds. The number of aromatic nitrogens is 2. The van der Waals surface area contributed by atoms with E-state index >= 15 is 0 Å². The van der Waals surface area contributed by atoms with Crippen molar-refractivity contribution in [1.82, 2.24) is 9.97 Å². The first kappa shape index (κ1) is 20.3. The van der Waals surface area contributed by atoms with Crippen molar-refractivity contribution in [2.75, 3.05) is 0 Å². The van der Waals surface area contributed by atoms with Crippen molar-refractivity contribution in [2.24, 2.45) is 0 Å². The smallest absolute Gasteiger partial charge is 0.265 e. The number of hydrogen-bond acceptors (Lipinski definition) is 4. The van der Waals surface area contributed by atoms with Crippen LogP contribution in [0.1, 0.15) is 94.7 Å². The fourth-order valence-corrected chi connectivity index (χ4v) is 3.00. The minimum absolute atomic E-state index is 0.0194. The van der Waals surface area contributed by atoms with Gasteiger partial charge in [-0.3, -0.25) is 4.79 Å². The SMILES string of the molecule is CCCCCC/C=C\CCCCCCCC(=O)c1nc2ncccc2o1. The quantitative estimate of drug-likeness (QED) is 0.216. The van der Waals surface area contributed by atoms with E-state index in [-0.39, 0.29) is 11.7 Å². The molecule has 0 aromatic carbocycles. The van der Waals surface area contributed by atoms with Crippen LogP contribution in [0.25, 0.3) is 11.2 Å². The summed E-state index contributed by atoms with van der Waals surface area (Å²) < 4.78 is 5.46. The van der Waals surface area contributed by atoms with E-state index in [1.165, 1.54) is 57.8 Å². The molecule has 4 heteroatoms. The standard InChI is InChI=1S/C22H32N2O2/c1-2-3-4-5-6-7-8-9-10-11-12-13-14-16-19(25)22-24-21-20(26-22)17-15-18-23-21/h7-8,15,17-18H,2-6,9-14,16H2,1H3/b8-7-. The highest BCUT2D eigenvalue weighted by Gasteiger charge is 2.14. The average Bonchev–Trinajstić information content (AvgIpc) is 3.09. The van der Waals surface area contributed by atoms with Gasteiger partial charge in [-0.2, -0.15) is 4.98 Å². The van der Waals surface area contributed by atoms with E-state index in [0.29, 0.717) is 17.7 Å². The van der Waals surface area contributed by atoms with Gasteiger partial charge >= 0.3 is 0 Å². The number of hydrogen-bond donors (Lipinski definition) is 0. The second-order valence-electron chi connectivity index (χ2n) is 6.89. The van der Waals surface area contributed by atoms with Crippen LogP contribution >= 0.6 is 0 Å². The second kappa shape index (κ2) is 12.4. The largest absolute Gasteiger partial charge is 0.432 e. The van der Waals surface area contributed by atoms with Crippen molar-refractivity contribution < 1.29 is 9.21 Å². The first-order valence-electron chi connectivity index (χ1n) is 10.2. The molecule has 0 radical (unpaired) electrons. The molecule has 2 rings (SSSR count). The van der Waals surface area contributed by atoms with Gasteiger partial charge in [0.05, 0.1) is 0 Å². The Kier molecular flexibility index (Phi) is 9.70. The Hall–Kier alpha value is -1.97. The van der Waals surface area contributed by atoms with Crippen molar-refractivity contribution in [1.29, 1.82) is 0 Å². The zero-order chi connectivity index (χ0) is 18.5. The minimum Gasteiger partial charge on any atom is -0.432 e. The fraction of sp³-hybridized carbons (Fsp3) is 0.591. The number of allylic oxidation sites excluding steroid dienone is 2. The zero-order valence-corrected chi connectivity index (χ0v) is 16.1. The predicted octanol–water partition coefficient (Wildman–Crippen LogP) is 6.66. The number of fused-ring (bicyclic) bond motifs is 1. The Bertz CT molecular complexity index is 643. The minimum atomic E-state index is -0.0194. The number of ketones is 1. The number of carbonyl (C=O) groups excluding carboxylic acids is 1. The van der Waals surface area contributed by atoms with Gasteiger partial charge in [0.25, 0.3) is 5.89 Å². The summed E-state index contributed by atoms with van der Waals surface area (Å²) in [6.07, 6.45) is 20.3. The summed E-state index contributed by atoms with van der Waals surface area (Å²) in [6.45, 7) is 2.25. The molecule has 0 aliphatic heterocycles. The summed E-state index contributed by atoms with van der Waals surface area (Å²) in [7, 11) is 0. The molecule has 0 N–H and O–H groups in total. The van der Waals surface area contributed by atoms with Crippen molar-refractivity contribution in [3.05, 3.63) is 36.4 Å². The van der Waals surface area contributed by atoms with Gasteiger partial charge < -0.3 is 4.42 Å². The Morgan fingerprint density at radius 3 is 2.42 bits per heavy atom. The number of rotatable bonds is 14. The molecule has 2 aromatic heterocycles. The van der Waals surface area contributed by atoms with E-state index in [4.69, 9.17) is 4.42 Å². The second-order valence-corrected chi connectivity index (χ2v) is 6.89.